The minimum atomic E-state index is -0.582. The molecule has 23 heavy (non-hydrogen) atoms. The van der Waals surface area contributed by atoms with Crippen LogP contribution in [-0.2, 0) is 6.54 Å². The van der Waals surface area contributed by atoms with Crippen LogP contribution >= 0.6 is 0 Å². The van der Waals surface area contributed by atoms with E-state index >= 15 is 0 Å². The number of aryl methyl sites for hydroxylation is 1. The van der Waals surface area contributed by atoms with E-state index in [2.05, 4.69) is 25.4 Å². The van der Waals surface area contributed by atoms with Crippen molar-refractivity contribution in [2.45, 2.75) is 19.6 Å². The molecule has 122 valence electrons. The number of pyridine rings is 1. The van der Waals surface area contributed by atoms with E-state index < -0.39 is 6.17 Å². The molecule has 0 amide bonds. The Morgan fingerprint density at radius 3 is 3.04 bits per heavy atom. The molecule has 8 N–H and O–H groups in total. The van der Waals surface area contributed by atoms with Crippen molar-refractivity contribution < 1.29 is 0 Å². The van der Waals surface area contributed by atoms with Crippen molar-refractivity contribution in [3.05, 3.63) is 40.6 Å². The van der Waals surface area contributed by atoms with Crippen LogP contribution in [0.25, 0.3) is 0 Å². The number of H-pyrrole nitrogens is 1. The molecule has 9 heteroatoms. The van der Waals surface area contributed by atoms with Gasteiger partial charge in [0.2, 0.25) is 5.95 Å². The SMILES string of the molecule is Cc1cccnc1C(N)/N=c1\[nH]c(N)nc2c1CNN2CCN. The van der Waals surface area contributed by atoms with Crippen LogP contribution in [0.3, 0.4) is 0 Å². The molecule has 0 spiro atoms. The third-order valence-corrected chi connectivity index (χ3v) is 3.68. The summed E-state index contributed by atoms with van der Waals surface area (Å²) < 4.78 is 0. The molecule has 0 saturated carbocycles. The van der Waals surface area contributed by atoms with Gasteiger partial charge in [-0.05, 0) is 18.6 Å². The summed E-state index contributed by atoms with van der Waals surface area (Å²) in [5.74, 6) is 1.01. The highest BCUT2D eigenvalue weighted by atomic mass is 15.5. The van der Waals surface area contributed by atoms with E-state index in [1.807, 2.05) is 24.1 Å². The van der Waals surface area contributed by atoms with Crippen LogP contribution in [0.4, 0.5) is 11.8 Å². The number of nitrogens with zero attached hydrogens (tertiary/aromatic N) is 4. The van der Waals surface area contributed by atoms with E-state index in [0.29, 0.717) is 25.1 Å². The van der Waals surface area contributed by atoms with E-state index in [0.717, 1.165) is 22.6 Å². The maximum Gasteiger partial charge on any atom is 0.201 e. The lowest BCUT2D eigenvalue weighted by atomic mass is 10.2. The first-order valence-electron chi connectivity index (χ1n) is 7.41. The Labute approximate surface area is 133 Å². The standard InChI is InChI=1S/C14H21N9/c1-8-3-2-5-18-10(8)11(16)20-12-9-7-19-23(6-4-15)13(9)22-14(17)21-12/h2-3,5,11,19H,4,6-7,15-16H2,1H3,(H3,17,20,21,22). The maximum atomic E-state index is 6.20. The second kappa shape index (κ2) is 6.32. The third kappa shape index (κ3) is 3.02. The number of nitrogens with two attached hydrogens (primary N) is 3. The van der Waals surface area contributed by atoms with Gasteiger partial charge in [0, 0.05) is 25.8 Å². The summed E-state index contributed by atoms with van der Waals surface area (Å²) in [4.78, 5) is 16.2. The predicted octanol–water partition coefficient (Wildman–Crippen LogP) is -0.963. The van der Waals surface area contributed by atoms with Crippen LogP contribution in [0.2, 0.25) is 0 Å². The average molecular weight is 315 g/mol. The minimum Gasteiger partial charge on any atom is -0.369 e. The van der Waals surface area contributed by atoms with E-state index in [1.165, 1.54) is 0 Å². The predicted molar refractivity (Wildman–Crippen MR) is 87.7 cm³/mol. The van der Waals surface area contributed by atoms with Gasteiger partial charge in [-0.3, -0.25) is 9.99 Å². The minimum absolute atomic E-state index is 0.276. The molecule has 1 aliphatic rings. The van der Waals surface area contributed by atoms with Crippen LogP contribution in [0.1, 0.15) is 23.0 Å². The van der Waals surface area contributed by atoms with Gasteiger partial charge in [-0.2, -0.15) is 4.98 Å². The molecule has 0 aromatic carbocycles. The molecular formula is C14H21N9. The van der Waals surface area contributed by atoms with Crippen molar-refractivity contribution >= 4 is 11.8 Å². The van der Waals surface area contributed by atoms with E-state index in [1.54, 1.807) is 6.20 Å². The molecule has 1 atom stereocenters. The van der Waals surface area contributed by atoms with Crippen molar-refractivity contribution in [2.24, 2.45) is 16.5 Å². The zero-order chi connectivity index (χ0) is 16.4. The Bertz CT molecular complexity index is 767. The molecule has 0 bridgehead atoms. The molecule has 3 heterocycles. The number of nitrogens with one attached hydrogen (secondary N) is 2. The van der Waals surface area contributed by atoms with Gasteiger partial charge in [0.15, 0.2) is 5.82 Å². The number of fused-ring (bicyclic) bond motifs is 1. The average Bonchev–Trinajstić information content (AvgIpc) is 2.91. The van der Waals surface area contributed by atoms with Crippen molar-refractivity contribution in [1.82, 2.24) is 20.4 Å². The summed E-state index contributed by atoms with van der Waals surface area (Å²) in [6.07, 6.45) is 1.12. The Balaban J connectivity index is 2.04. The van der Waals surface area contributed by atoms with E-state index in [-0.39, 0.29) is 5.95 Å². The number of hydrogen-bond acceptors (Lipinski definition) is 8. The fraction of sp³-hybridized carbons (Fsp3) is 0.357. The van der Waals surface area contributed by atoms with Crippen LogP contribution in [-0.4, -0.2) is 28.0 Å². The van der Waals surface area contributed by atoms with Crippen molar-refractivity contribution in [3.8, 4) is 0 Å². The second-order valence-electron chi connectivity index (χ2n) is 5.33. The summed E-state index contributed by atoms with van der Waals surface area (Å²) in [5.41, 5.74) is 24.1. The number of nitrogen functional groups attached to an aromatic ring is 1. The van der Waals surface area contributed by atoms with Gasteiger partial charge in [0.1, 0.15) is 11.7 Å². The summed E-state index contributed by atoms with van der Waals surface area (Å²) >= 11 is 0. The Hall–Kier alpha value is -2.49. The van der Waals surface area contributed by atoms with Gasteiger partial charge in [-0.25, -0.2) is 10.4 Å². The Morgan fingerprint density at radius 2 is 2.30 bits per heavy atom. The van der Waals surface area contributed by atoms with Crippen LogP contribution in [0.5, 0.6) is 0 Å². The maximum absolute atomic E-state index is 6.20. The molecule has 0 radical (unpaired) electrons. The van der Waals surface area contributed by atoms with Gasteiger partial charge >= 0.3 is 0 Å². The highest BCUT2D eigenvalue weighted by Gasteiger charge is 2.22. The molecule has 0 saturated heterocycles. The lowest BCUT2D eigenvalue weighted by Crippen LogP contribution is -2.36. The molecule has 3 rings (SSSR count). The Morgan fingerprint density at radius 1 is 1.48 bits per heavy atom. The topological polar surface area (TPSA) is 147 Å². The van der Waals surface area contributed by atoms with Gasteiger partial charge < -0.3 is 22.2 Å². The molecule has 9 nitrogen and oxygen atoms in total. The highest BCUT2D eigenvalue weighted by Crippen LogP contribution is 2.19. The van der Waals surface area contributed by atoms with Crippen molar-refractivity contribution in [2.75, 3.05) is 23.8 Å². The Kier molecular flexibility index (Phi) is 4.24. The first kappa shape index (κ1) is 15.4. The molecule has 0 aliphatic carbocycles. The first-order chi connectivity index (χ1) is 11.1. The number of rotatable bonds is 4. The lowest BCUT2D eigenvalue weighted by Gasteiger charge is -2.16. The summed E-state index contributed by atoms with van der Waals surface area (Å²) in [5, 5.41) is 1.87. The fourth-order valence-corrected chi connectivity index (χ4v) is 2.58. The lowest BCUT2D eigenvalue weighted by molar-refractivity contribution is 0.662. The summed E-state index contributed by atoms with van der Waals surface area (Å²) in [6, 6.07) is 3.83. The number of aromatic nitrogens is 3. The molecule has 0 fully saturated rings. The normalized spacial score (nSPS) is 15.8. The fourth-order valence-electron chi connectivity index (χ4n) is 2.58. The second-order valence-corrected chi connectivity index (χ2v) is 5.33. The van der Waals surface area contributed by atoms with Crippen molar-refractivity contribution in [1.29, 1.82) is 0 Å². The quantitative estimate of drug-likeness (QED) is 0.488. The smallest absolute Gasteiger partial charge is 0.201 e. The van der Waals surface area contributed by atoms with Crippen LogP contribution < -0.4 is 33.1 Å². The molecule has 1 aliphatic heterocycles. The van der Waals surface area contributed by atoms with Crippen molar-refractivity contribution in [3.63, 3.8) is 0 Å². The van der Waals surface area contributed by atoms with E-state index in [4.69, 9.17) is 17.2 Å². The number of aromatic amines is 1. The largest absolute Gasteiger partial charge is 0.369 e. The van der Waals surface area contributed by atoms with E-state index in [9.17, 15) is 0 Å². The molecule has 2 aromatic rings. The molecule has 1 unspecified atom stereocenters. The number of hydrazine groups is 1. The molecule has 2 aromatic heterocycles. The zero-order valence-corrected chi connectivity index (χ0v) is 13.0. The summed E-state index contributed by atoms with van der Waals surface area (Å²) in [6.45, 7) is 3.68. The van der Waals surface area contributed by atoms with Gasteiger partial charge in [-0.1, -0.05) is 6.07 Å². The zero-order valence-electron chi connectivity index (χ0n) is 13.0. The first-order valence-corrected chi connectivity index (χ1v) is 7.41. The van der Waals surface area contributed by atoms with Gasteiger partial charge in [0.25, 0.3) is 0 Å². The number of hydrogen-bond donors (Lipinski definition) is 5. The highest BCUT2D eigenvalue weighted by molar-refractivity contribution is 5.51. The van der Waals surface area contributed by atoms with Crippen LogP contribution in [0, 0.1) is 6.92 Å². The summed E-state index contributed by atoms with van der Waals surface area (Å²) in [7, 11) is 0. The van der Waals surface area contributed by atoms with Gasteiger partial charge in [-0.15, -0.1) is 0 Å². The monoisotopic (exact) mass is 315 g/mol. The number of anilines is 2. The third-order valence-electron chi connectivity index (χ3n) is 3.68. The van der Waals surface area contributed by atoms with Crippen LogP contribution in [0.15, 0.2) is 23.3 Å². The van der Waals surface area contributed by atoms with Gasteiger partial charge in [0.05, 0.1) is 11.3 Å². The molecular weight excluding hydrogens is 294 g/mol.